The second kappa shape index (κ2) is 6.88. The van der Waals surface area contributed by atoms with Crippen molar-refractivity contribution in [2.24, 2.45) is 0 Å². The van der Waals surface area contributed by atoms with Crippen LogP contribution in [0.5, 0.6) is 0 Å². The van der Waals surface area contributed by atoms with E-state index in [9.17, 15) is 27.4 Å². The minimum atomic E-state index is -4.87. The maximum absolute atomic E-state index is 13.4. The van der Waals surface area contributed by atoms with Crippen LogP contribution in [0.1, 0.15) is 23.0 Å². The van der Waals surface area contributed by atoms with Crippen molar-refractivity contribution in [2.75, 3.05) is 12.8 Å². The monoisotopic (exact) mass is 362 g/mol. The molecule has 0 fully saturated rings. The van der Waals surface area contributed by atoms with E-state index in [1.54, 1.807) is 6.07 Å². The minimum Gasteiger partial charge on any atom is -0.324 e. The van der Waals surface area contributed by atoms with Gasteiger partial charge in [-0.05, 0) is 19.1 Å². The van der Waals surface area contributed by atoms with Crippen molar-refractivity contribution < 1.29 is 31.9 Å². The fourth-order valence-corrected chi connectivity index (χ4v) is 3.13. The van der Waals surface area contributed by atoms with E-state index in [0.717, 1.165) is 6.20 Å². The van der Waals surface area contributed by atoms with E-state index in [0.29, 0.717) is 4.68 Å². The number of benzene rings is 1. The van der Waals surface area contributed by atoms with Gasteiger partial charge in [-0.1, -0.05) is 18.2 Å². The lowest BCUT2D eigenvalue weighted by Gasteiger charge is -2.13. The summed E-state index contributed by atoms with van der Waals surface area (Å²) in [6.07, 6.45) is -5.18. The average molecular weight is 362 g/mol. The predicted octanol–water partition coefficient (Wildman–Crippen LogP) is 3.30. The van der Waals surface area contributed by atoms with Crippen molar-refractivity contribution in [3.05, 3.63) is 47.8 Å². The molecule has 0 aliphatic rings. The second-order valence-electron chi connectivity index (χ2n) is 4.79. The highest BCUT2D eigenvalue weighted by Crippen LogP contribution is 2.43. The van der Waals surface area contributed by atoms with Gasteiger partial charge in [-0.2, -0.15) is 18.3 Å². The molecule has 0 spiro atoms. The van der Waals surface area contributed by atoms with Crippen LogP contribution in [0, 0.1) is 0 Å². The Morgan fingerprint density at radius 2 is 1.96 bits per heavy atom. The van der Waals surface area contributed by atoms with E-state index in [1.165, 1.54) is 31.2 Å². The van der Waals surface area contributed by atoms with Gasteiger partial charge in [0.25, 0.3) is 0 Å². The number of carbonyl (C=O) groups is 1. The molecule has 0 amide bonds. The molecular weight excluding hydrogens is 348 g/mol. The third-order valence-corrected chi connectivity index (χ3v) is 4.36. The third kappa shape index (κ3) is 4.11. The molecule has 10 heteroatoms. The van der Waals surface area contributed by atoms with Crippen LogP contribution < -0.4 is 0 Å². The van der Waals surface area contributed by atoms with Gasteiger partial charge in [0, 0.05) is 0 Å². The number of ketones is 1. The summed E-state index contributed by atoms with van der Waals surface area (Å²) >= 11 is 0. The smallest absolute Gasteiger partial charge is 0.324 e. The van der Waals surface area contributed by atoms with Crippen molar-refractivity contribution in [3.63, 3.8) is 0 Å². The number of alkyl halides is 3. The highest BCUT2D eigenvalue weighted by Gasteiger charge is 2.41. The fourth-order valence-electron chi connectivity index (χ4n) is 2.10. The van der Waals surface area contributed by atoms with Crippen LogP contribution in [-0.4, -0.2) is 33.2 Å². The predicted molar refractivity (Wildman–Crippen MR) is 79.2 cm³/mol. The first-order valence-corrected chi connectivity index (χ1v) is 8.62. The van der Waals surface area contributed by atoms with E-state index < -0.39 is 37.0 Å². The van der Waals surface area contributed by atoms with Crippen molar-refractivity contribution in [1.29, 1.82) is 0 Å². The molecule has 1 unspecified atom stereocenters. The van der Waals surface area contributed by atoms with Crippen LogP contribution in [0.4, 0.5) is 13.2 Å². The first-order valence-electron chi connectivity index (χ1n) is 6.86. The van der Waals surface area contributed by atoms with E-state index >= 15 is 0 Å². The minimum absolute atomic E-state index is 0.112. The Labute approximate surface area is 135 Å². The zero-order valence-electron chi connectivity index (χ0n) is 12.5. The number of nitrogens with zero attached hydrogens (tertiary/aromatic N) is 2. The number of halogens is 3. The molecule has 1 N–H and O–H groups in total. The van der Waals surface area contributed by atoms with Gasteiger partial charge >= 0.3 is 13.8 Å². The molecule has 2 aromatic rings. The number of carbonyl (C=O) groups excluding carboxylic acids is 1. The maximum atomic E-state index is 13.4. The molecule has 1 aromatic carbocycles. The standard InChI is InChI=1S/C14H14F3N2O4P/c1-2-23-24(21,22)9-12(20)11-8-18-19(13(11)14(15,16)17)10-6-4-3-5-7-10/h3-8H,2,9H2,1H3,(H,21,22). The van der Waals surface area contributed by atoms with Crippen molar-refractivity contribution in [1.82, 2.24) is 9.78 Å². The second-order valence-corrected chi connectivity index (χ2v) is 6.64. The van der Waals surface area contributed by atoms with E-state index in [1.807, 2.05) is 0 Å². The van der Waals surface area contributed by atoms with Gasteiger partial charge in [-0.3, -0.25) is 9.36 Å². The van der Waals surface area contributed by atoms with E-state index in [4.69, 9.17) is 0 Å². The highest BCUT2D eigenvalue weighted by molar-refractivity contribution is 7.53. The molecule has 0 aliphatic heterocycles. The molecule has 0 saturated carbocycles. The molecule has 1 heterocycles. The van der Waals surface area contributed by atoms with Crippen LogP contribution in [0.25, 0.3) is 5.69 Å². The quantitative estimate of drug-likeness (QED) is 0.630. The summed E-state index contributed by atoms with van der Waals surface area (Å²) < 4.78 is 56.9. The lowest BCUT2D eigenvalue weighted by atomic mass is 10.1. The van der Waals surface area contributed by atoms with Crippen molar-refractivity contribution in [2.45, 2.75) is 13.1 Å². The summed E-state index contributed by atoms with van der Waals surface area (Å²) in [5.74, 6) is -1.16. The van der Waals surface area contributed by atoms with E-state index in [-0.39, 0.29) is 12.3 Å². The molecule has 24 heavy (non-hydrogen) atoms. The molecule has 1 aromatic heterocycles. The third-order valence-electron chi connectivity index (χ3n) is 3.01. The Kier molecular flexibility index (Phi) is 5.27. The Morgan fingerprint density at radius 1 is 1.33 bits per heavy atom. The zero-order valence-corrected chi connectivity index (χ0v) is 13.4. The van der Waals surface area contributed by atoms with Gasteiger partial charge < -0.3 is 9.42 Å². The molecular formula is C14H14F3N2O4P. The lowest BCUT2D eigenvalue weighted by molar-refractivity contribution is -0.143. The first-order chi connectivity index (χ1) is 11.2. The summed E-state index contributed by atoms with van der Waals surface area (Å²) in [4.78, 5) is 21.5. The lowest BCUT2D eigenvalue weighted by Crippen LogP contribution is -2.19. The summed E-state index contributed by atoms with van der Waals surface area (Å²) in [6.45, 7) is 1.29. The number of hydrogen-bond donors (Lipinski definition) is 1. The van der Waals surface area contributed by atoms with Crippen LogP contribution in [0.15, 0.2) is 36.5 Å². The van der Waals surface area contributed by atoms with Gasteiger partial charge in [0.15, 0.2) is 11.5 Å². The Bertz CT molecular complexity index is 774. The average Bonchev–Trinajstić information content (AvgIpc) is 2.92. The van der Waals surface area contributed by atoms with Crippen LogP contribution in [0.2, 0.25) is 0 Å². The summed E-state index contributed by atoms with van der Waals surface area (Å²) in [7, 11) is -4.30. The molecule has 0 radical (unpaired) electrons. The van der Waals surface area contributed by atoms with Crippen molar-refractivity contribution >= 4 is 13.4 Å². The number of hydrogen-bond acceptors (Lipinski definition) is 4. The van der Waals surface area contributed by atoms with Gasteiger partial charge in [0.1, 0.15) is 6.16 Å². The number of Topliss-reactive ketones (excluding diaryl/α,β-unsaturated/α-hetero) is 1. The van der Waals surface area contributed by atoms with E-state index in [2.05, 4.69) is 9.62 Å². The number of aromatic nitrogens is 2. The van der Waals surface area contributed by atoms with Gasteiger partial charge in [-0.15, -0.1) is 0 Å². The molecule has 2 rings (SSSR count). The Hall–Kier alpha value is -1.96. The normalized spacial score (nSPS) is 14.4. The molecule has 6 nitrogen and oxygen atoms in total. The number of rotatable bonds is 6. The number of para-hydroxylation sites is 1. The molecule has 0 bridgehead atoms. The van der Waals surface area contributed by atoms with Gasteiger partial charge in [0.05, 0.1) is 24.1 Å². The summed E-state index contributed by atoms with van der Waals surface area (Å²) in [5.41, 5.74) is -1.96. The summed E-state index contributed by atoms with van der Waals surface area (Å²) in [6, 6.07) is 7.46. The summed E-state index contributed by atoms with van der Waals surface area (Å²) in [5, 5.41) is 3.61. The fraction of sp³-hybridized carbons (Fsp3) is 0.286. The topological polar surface area (TPSA) is 81.4 Å². The first kappa shape index (κ1) is 18.4. The Morgan fingerprint density at radius 3 is 2.50 bits per heavy atom. The van der Waals surface area contributed by atoms with Crippen LogP contribution >= 0.6 is 7.60 Å². The SMILES string of the molecule is CCOP(=O)(O)CC(=O)c1cnn(-c2ccccc2)c1C(F)(F)F. The molecule has 0 saturated heterocycles. The highest BCUT2D eigenvalue weighted by atomic mass is 31.2. The van der Waals surface area contributed by atoms with Crippen LogP contribution in [-0.2, 0) is 15.3 Å². The van der Waals surface area contributed by atoms with Gasteiger partial charge in [0.2, 0.25) is 0 Å². The zero-order chi connectivity index (χ0) is 18.0. The van der Waals surface area contributed by atoms with Crippen molar-refractivity contribution in [3.8, 4) is 5.69 Å². The maximum Gasteiger partial charge on any atom is 0.434 e. The largest absolute Gasteiger partial charge is 0.434 e. The van der Waals surface area contributed by atoms with Crippen LogP contribution in [0.3, 0.4) is 0 Å². The Balaban J connectivity index is 2.47. The molecule has 0 aliphatic carbocycles. The molecule has 1 atom stereocenters. The molecule has 130 valence electrons. The van der Waals surface area contributed by atoms with Gasteiger partial charge in [-0.25, -0.2) is 4.68 Å².